The largest absolute Gasteiger partial charge is 0.393 e. The highest BCUT2D eigenvalue weighted by atomic mass is 16.3. The molecule has 0 atom stereocenters. The number of aliphatic hydroxyl groups is 1. The average molecular weight is 240 g/mol. The Morgan fingerprint density at radius 1 is 1.12 bits per heavy atom. The Bertz CT molecular complexity index is 246. The van der Waals surface area contributed by atoms with Crippen molar-refractivity contribution in [1.29, 1.82) is 0 Å². The summed E-state index contributed by atoms with van der Waals surface area (Å²) in [5, 5.41) is 15.3. The molecule has 0 aromatic rings. The van der Waals surface area contributed by atoms with Crippen molar-refractivity contribution < 1.29 is 9.90 Å². The van der Waals surface area contributed by atoms with E-state index >= 15 is 0 Å². The molecule has 2 fully saturated rings. The van der Waals surface area contributed by atoms with Gasteiger partial charge in [0.25, 0.3) is 0 Å². The van der Waals surface area contributed by atoms with Crippen LogP contribution in [0.25, 0.3) is 0 Å². The van der Waals surface area contributed by atoms with Crippen molar-refractivity contribution in [1.82, 2.24) is 10.6 Å². The van der Waals surface area contributed by atoms with E-state index in [-0.39, 0.29) is 18.2 Å². The summed E-state index contributed by atoms with van der Waals surface area (Å²) in [6.45, 7) is 0.797. The van der Waals surface area contributed by atoms with Gasteiger partial charge in [-0.3, -0.25) is 0 Å². The number of carbonyl (C=O) groups is 1. The fourth-order valence-corrected chi connectivity index (χ4v) is 2.63. The van der Waals surface area contributed by atoms with E-state index in [1.165, 1.54) is 19.3 Å². The lowest BCUT2D eigenvalue weighted by Crippen LogP contribution is -2.44. The molecule has 0 heterocycles. The smallest absolute Gasteiger partial charge is 0.315 e. The lowest BCUT2D eigenvalue weighted by molar-refractivity contribution is 0.117. The molecule has 4 nitrogen and oxygen atoms in total. The molecule has 2 aliphatic rings. The molecule has 0 aliphatic heterocycles. The van der Waals surface area contributed by atoms with E-state index in [4.69, 9.17) is 0 Å². The summed E-state index contributed by atoms with van der Waals surface area (Å²) in [6, 6.07) is 0.216. The highest BCUT2D eigenvalue weighted by Crippen LogP contribution is 2.28. The molecule has 2 amide bonds. The van der Waals surface area contributed by atoms with Gasteiger partial charge in [-0.05, 0) is 38.0 Å². The van der Waals surface area contributed by atoms with Gasteiger partial charge >= 0.3 is 6.03 Å². The van der Waals surface area contributed by atoms with Gasteiger partial charge in [-0.1, -0.05) is 19.3 Å². The van der Waals surface area contributed by atoms with Gasteiger partial charge < -0.3 is 15.7 Å². The lowest BCUT2D eigenvalue weighted by atomic mass is 9.83. The van der Waals surface area contributed by atoms with E-state index in [0.29, 0.717) is 0 Å². The van der Waals surface area contributed by atoms with Gasteiger partial charge in [-0.25, -0.2) is 4.79 Å². The Morgan fingerprint density at radius 2 is 1.82 bits per heavy atom. The summed E-state index contributed by atoms with van der Waals surface area (Å²) in [6.07, 6.45) is 8.43. The highest BCUT2D eigenvalue weighted by Gasteiger charge is 2.21. The van der Waals surface area contributed by atoms with Crippen LogP contribution in [0.3, 0.4) is 0 Å². The van der Waals surface area contributed by atoms with E-state index in [1.54, 1.807) is 0 Å². The molecule has 0 spiro atoms. The van der Waals surface area contributed by atoms with Crippen LogP contribution < -0.4 is 10.6 Å². The van der Waals surface area contributed by atoms with Crippen LogP contribution in [0, 0.1) is 5.92 Å². The van der Waals surface area contributed by atoms with E-state index in [0.717, 1.165) is 44.6 Å². The summed E-state index contributed by atoms with van der Waals surface area (Å²) in [7, 11) is 0. The molecule has 98 valence electrons. The molecule has 2 rings (SSSR count). The first-order valence-corrected chi connectivity index (χ1v) is 6.96. The van der Waals surface area contributed by atoms with E-state index in [9.17, 15) is 9.90 Å². The molecule has 0 bridgehead atoms. The van der Waals surface area contributed by atoms with Crippen LogP contribution in [0.2, 0.25) is 0 Å². The standard InChI is InChI=1S/C13H24N2O2/c16-12-6-4-11(5-7-12)15-13(17)14-9-8-10-2-1-3-10/h10-12,16H,1-9H2,(H2,14,15,17). The van der Waals surface area contributed by atoms with E-state index in [1.807, 2.05) is 0 Å². The third-order valence-corrected chi connectivity index (χ3v) is 4.09. The van der Waals surface area contributed by atoms with E-state index < -0.39 is 0 Å². The second kappa shape index (κ2) is 6.24. The van der Waals surface area contributed by atoms with Gasteiger partial charge in [0.15, 0.2) is 0 Å². The van der Waals surface area contributed by atoms with Crippen molar-refractivity contribution in [3.05, 3.63) is 0 Å². The van der Waals surface area contributed by atoms with Crippen LogP contribution in [-0.2, 0) is 0 Å². The molecule has 2 aliphatic carbocycles. The van der Waals surface area contributed by atoms with Crippen molar-refractivity contribution in [3.8, 4) is 0 Å². The number of amides is 2. The lowest BCUT2D eigenvalue weighted by Gasteiger charge is -2.27. The first-order valence-electron chi connectivity index (χ1n) is 6.96. The van der Waals surface area contributed by atoms with Gasteiger partial charge in [0.2, 0.25) is 0 Å². The number of rotatable bonds is 4. The predicted molar refractivity (Wildman–Crippen MR) is 66.8 cm³/mol. The number of hydrogen-bond acceptors (Lipinski definition) is 2. The average Bonchev–Trinajstić information content (AvgIpc) is 2.25. The molecule has 17 heavy (non-hydrogen) atoms. The van der Waals surface area contributed by atoms with Gasteiger partial charge in [-0.2, -0.15) is 0 Å². The zero-order valence-corrected chi connectivity index (χ0v) is 10.5. The number of aliphatic hydroxyl groups excluding tert-OH is 1. The maximum Gasteiger partial charge on any atom is 0.315 e. The molecule has 0 aromatic heterocycles. The van der Waals surface area contributed by atoms with Gasteiger partial charge in [0, 0.05) is 12.6 Å². The number of urea groups is 1. The van der Waals surface area contributed by atoms with Gasteiger partial charge in [0.1, 0.15) is 0 Å². The van der Waals surface area contributed by atoms with Crippen molar-refractivity contribution in [2.24, 2.45) is 5.92 Å². The van der Waals surface area contributed by atoms with Crippen LogP contribution >= 0.6 is 0 Å². The zero-order valence-electron chi connectivity index (χ0n) is 10.5. The Morgan fingerprint density at radius 3 is 2.41 bits per heavy atom. The van der Waals surface area contributed by atoms with Crippen LogP contribution in [0.5, 0.6) is 0 Å². The number of nitrogens with one attached hydrogen (secondary N) is 2. The Hall–Kier alpha value is -0.770. The Kier molecular flexibility index (Phi) is 4.66. The molecule has 3 N–H and O–H groups in total. The van der Waals surface area contributed by atoms with Crippen LogP contribution in [0.4, 0.5) is 4.79 Å². The fourth-order valence-electron chi connectivity index (χ4n) is 2.63. The molecular formula is C13H24N2O2. The normalized spacial score (nSPS) is 29.5. The van der Waals surface area contributed by atoms with Crippen molar-refractivity contribution >= 4 is 6.03 Å². The van der Waals surface area contributed by atoms with Gasteiger partial charge in [0.05, 0.1) is 6.10 Å². The second-order valence-electron chi connectivity index (χ2n) is 5.49. The number of carbonyl (C=O) groups excluding carboxylic acids is 1. The SMILES string of the molecule is O=C(NCCC1CCC1)NC1CCC(O)CC1. The maximum atomic E-state index is 11.6. The minimum absolute atomic E-state index is 0.0364. The minimum Gasteiger partial charge on any atom is -0.393 e. The first kappa shape index (κ1) is 12.7. The molecule has 2 saturated carbocycles. The summed E-state index contributed by atoms with van der Waals surface area (Å²) in [4.78, 5) is 11.6. The zero-order chi connectivity index (χ0) is 12.1. The van der Waals surface area contributed by atoms with Crippen molar-refractivity contribution in [3.63, 3.8) is 0 Å². The van der Waals surface area contributed by atoms with Crippen molar-refractivity contribution in [2.45, 2.75) is 63.5 Å². The molecule has 0 saturated heterocycles. The third-order valence-electron chi connectivity index (χ3n) is 4.09. The highest BCUT2D eigenvalue weighted by molar-refractivity contribution is 5.74. The molecule has 4 heteroatoms. The summed E-state index contributed by atoms with van der Waals surface area (Å²) in [5.74, 6) is 0.847. The maximum absolute atomic E-state index is 11.6. The van der Waals surface area contributed by atoms with Crippen LogP contribution in [0.15, 0.2) is 0 Å². The first-order chi connectivity index (χ1) is 8.24. The molecule has 0 aromatic carbocycles. The molecule has 0 unspecified atom stereocenters. The summed E-state index contributed by atoms with van der Waals surface area (Å²) < 4.78 is 0. The Balaban J connectivity index is 1.53. The molecular weight excluding hydrogens is 216 g/mol. The number of hydrogen-bond donors (Lipinski definition) is 3. The summed E-state index contributed by atoms with van der Waals surface area (Å²) >= 11 is 0. The quantitative estimate of drug-likeness (QED) is 0.701. The third kappa shape index (κ3) is 4.19. The minimum atomic E-state index is -0.158. The fraction of sp³-hybridized carbons (Fsp3) is 0.923. The Labute approximate surface area is 103 Å². The predicted octanol–water partition coefficient (Wildman–Crippen LogP) is 1.78. The van der Waals surface area contributed by atoms with Gasteiger partial charge in [-0.15, -0.1) is 0 Å². The summed E-state index contributed by atoms with van der Waals surface area (Å²) in [5.41, 5.74) is 0. The van der Waals surface area contributed by atoms with Crippen LogP contribution in [-0.4, -0.2) is 29.8 Å². The monoisotopic (exact) mass is 240 g/mol. The van der Waals surface area contributed by atoms with Crippen LogP contribution in [0.1, 0.15) is 51.4 Å². The topological polar surface area (TPSA) is 61.4 Å². The second-order valence-corrected chi connectivity index (χ2v) is 5.49. The van der Waals surface area contributed by atoms with E-state index in [2.05, 4.69) is 10.6 Å². The van der Waals surface area contributed by atoms with Crippen molar-refractivity contribution in [2.75, 3.05) is 6.54 Å². The molecule has 0 radical (unpaired) electrons.